The van der Waals surface area contributed by atoms with Crippen molar-refractivity contribution in [3.8, 4) is 0 Å². The largest absolute Gasteiger partial charge is 0.477 e. The summed E-state index contributed by atoms with van der Waals surface area (Å²) < 4.78 is 32.1. The third-order valence-electron chi connectivity index (χ3n) is 2.48. The highest BCUT2D eigenvalue weighted by atomic mass is 19.1. The molecule has 0 aliphatic heterocycles. The van der Waals surface area contributed by atoms with Gasteiger partial charge in [-0.3, -0.25) is 4.79 Å². The quantitative estimate of drug-likeness (QED) is 0.829. The van der Waals surface area contributed by atoms with Gasteiger partial charge in [0.05, 0.1) is 0 Å². The van der Waals surface area contributed by atoms with E-state index in [1.807, 2.05) is 0 Å². The molecule has 1 atom stereocenters. The van der Waals surface area contributed by atoms with E-state index in [4.69, 9.17) is 15.6 Å². The molecule has 0 aliphatic rings. The molecule has 0 aromatic heterocycles. The fourth-order valence-corrected chi connectivity index (χ4v) is 1.66. The molecule has 0 aliphatic carbocycles. The highest BCUT2D eigenvalue weighted by molar-refractivity contribution is 5.88. The molecule has 0 fully saturated rings. The SMILES string of the molecule is CC(C)(C)OC(=O)C(N)Cc1cc(F)c(C(=O)O)c(F)c1. The monoisotopic (exact) mass is 301 g/mol. The van der Waals surface area contributed by atoms with Crippen LogP contribution in [0.3, 0.4) is 0 Å². The first kappa shape index (κ1) is 17.0. The van der Waals surface area contributed by atoms with Crippen molar-refractivity contribution >= 4 is 11.9 Å². The zero-order valence-corrected chi connectivity index (χ0v) is 11.9. The first-order valence-corrected chi connectivity index (χ1v) is 6.21. The number of hydrogen-bond acceptors (Lipinski definition) is 4. The Balaban J connectivity index is 2.89. The summed E-state index contributed by atoms with van der Waals surface area (Å²) in [5.74, 6) is -4.83. The van der Waals surface area contributed by atoms with Crippen LogP contribution >= 0.6 is 0 Å². The lowest BCUT2D eigenvalue weighted by Crippen LogP contribution is -2.38. The average Bonchev–Trinajstić information content (AvgIpc) is 2.24. The lowest BCUT2D eigenvalue weighted by Gasteiger charge is -2.22. The Morgan fingerprint density at radius 2 is 1.76 bits per heavy atom. The van der Waals surface area contributed by atoms with Crippen LogP contribution in [0.5, 0.6) is 0 Å². The third-order valence-corrected chi connectivity index (χ3v) is 2.48. The number of aromatic carboxylic acids is 1. The van der Waals surface area contributed by atoms with Gasteiger partial charge in [0.25, 0.3) is 0 Å². The van der Waals surface area contributed by atoms with Crippen molar-refractivity contribution in [2.45, 2.75) is 38.8 Å². The zero-order chi connectivity index (χ0) is 16.4. The summed E-state index contributed by atoms with van der Waals surface area (Å²) in [6, 6.07) is 0.590. The van der Waals surface area contributed by atoms with Gasteiger partial charge in [0.1, 0.15) is 28.8 Å². The molecule has 1 rings (SSSR count). The van der Waals surface area contributed by atoms with Gasteiger partial charge >= 0.3 is 11.9 Å². The summed E-state index contributed by atoms with van der Waals surface area (Å²) in [5, 5.41) is 8.66. The van der Waals surface area contributed by atoms with Gasteiger partial charge in [0.2, 0.25) is 0 Å². The van der Waals surface area contributed by atoms with Gasteiger partial charge in [-0.2, -0.15) is 0 Å². The van der Waals surface area contributed by atoms with Crippen molar-refractivity contribution in [3.63, 3.8) is 0 Å². The normalized spacial score (nSPS) is 12.9. The fourth-order valence-electron chi connectivity index (χ4n) is 1.66. The Bertz CT molecular complexity index is 544. The highest BCUT2D eigenvalue weighted by Gasteiger charge is 2.24. The number of rotatable bonds is 4. The molecular formula is C14H17F2NO4. The topological polar surface area (TPSA) is 89.6 Å². The van der Waals surface area contributed by atoms with E-state index in [2.05, 4.69) is 0 Å². The summed E-state index contributed by atoms with van der Waals surface area (Å²) in [5.41, 5.74) is 3.93. The number of ether oxygens (including phenoxy) is 1. The maximum Gasteiger partial charge on any atom is 0.341 e. The standard InChI is InChI=1S/C14H17F2NO4/c1-14(2,3)21-13(20)10(17)6-7-4-8(15)11(12(18)19)9(16)5-7/h4-5,10H,6,17H2,1-3H3,(H,18,19). The van der Waals surface area contributed by atoms with Gasteiger partial charge in [-0.05, 0) is 44.9 Å². The van der Waals surface area contributed by atoms with E-state index in [0.717, 1.165) is 12.1 Å². The Kier molecular flexibility index (Phi) is 5.01. The summed E-state index contributed by atoms with van der Waals surface area (Å²) in [6.07, 6.45) is -0.164. The van der Waals surface area contributed by atoms with Gasteiger partial charge in [-0.25, -0.2) is 13.6 Å². The van der Waals surface area contributed by atoms with Crippen molar-refractivity contribution in [2.75, 3.05) is 0 Å². The van der Waals surface area contributed by atoms with E-state index in [1.54, 1.807) is 20.8 Å². The minimum absolute atomic E-state index is 0.0772. The molecular weight excluding hydrogens is 284 g/mol. The molecule has 0 bridgehead atoms. The number of carboxylic acids is 1. The number of carbonyl (C=O) groups is 2. The van der Waals surface area contributed by atoms with E-state index in [9.17, 15) is 18.4 Å². The minimum atomic E-state index is -1.70. The summed E-state index contributed by atoms with van der Waals surface area (Å²) in [4.78, 5) is 22.3. The molecule has 7 heteroatoms. The molecule has 1 unspecified atom stereocenters. The van der Waals surface area contributed by atoms with Crippen molar-refractivity contribution in [2.24, 2.45) is 5.73 Å². The smallest absolute Gasteiger partial charge is 0.341 e. The second-order valence-electron chi connectivity index (χ2n) is 5.58. The van der Waals surface area contributed by atoms with E-state index in [1.165, 1.54) is 0 Å². The Morgan fingerprint density at radius 1 is 1.29 bits per heavy atom. The van der Waals surface area contributed by atoms with Gasteiger partial charge in [0, 0.05) is 0 Å². The number of carboxylic acid groups (broad SMARTS) is 1. The van der Waals surface area contributed by atoms with Crippen LogP contribution in [-0.2, 0) is 16.0 Å². The lowest BCUT2D eigenvalue weighted by molar-refractivity contribution is -0.156. The highest BCUT2D eigenvalue weighted by Crippen LogP contribution is 2.17. The van der Waals surface area contributed by atoms with Gasteiger partial charge in [0.15, 0.2) is 0 Å². The van der Waals surface area contributed by atoms with Crippen LogP contribution in [0.15, 0.2) is 12.1 Å². The first-order chi connectivity index (χ1) is 9.51. The molecule has 21 heavy (non-hydrogen) atoms. The Hall–Kier alpha value is -2.02. The lowest BCUT2D eigenvalue weighted by atomic mass is 10.0. The molecule has 3 N–H and O–H groups in total. The number of hydrogen-bond donors (Lipinski definition) is 2. The summed E-state index contributed by atoms with van der Waals surface area (Å²) in [7, 11) is 0. The summed E-state index contributed by atoms with van der Waals surface area (Å²) in [6.45, 7) is 5.00. The average molecular weight is 301 g/mol. The van der Waals surface area contributed by atoms with Crippen LogP contribution in [0.1, 0.15) is 36.7 Å². The summed E-state index contributed by atoms with van der Waals surface area (Å²) >= 11 is 0. The van der Waals surface area contributed by atoms with Crippen molar-refractivity contribution in [1.29, 1.82) is 0 Å². The van der Waals surface area contributed by atoms with Crippen molar-refractivity contribution < 1.29 is 28.2 Å². The van der Waals surface area contributed by atoms with Crippen molar-refractivity contribution in [3.05, 3.63) is 34.9 Å². The van der Waals surface area contributed by atoms with Gasteiger partial charge < -0.3 is 15.6 Å². The van der Waals surface area contributed by atoms with E-state index in [-0.39, 0.29) is 12.0 Å². The molecule has 116 valence electrons. The molecule has 0 amide bonds. The van der Waals surface area contributed by atoms with Crippen LogP contribution < -0.4 is 5.73 Å². The maximum atomic E-state index is 13.5. The number of carbonyl (C=O) groups excluding carboxylic acids is 1. The molecule has 0 saturated carbocycles. The van der Waals surface area contributed by atoms with Crippen molar-refractivity contribution in [1.82, 2.24) is 0 Å². The minimum Gasteiger partial charge on any atom is -0.477 e. The Labute approximate surface area is 120 Å². The molecule has 0 heterocycles. The van der Waals surface area contributed by atoms with Crippen LogP contribution in [0.25, 0.3) is 0 Å². The van der Waals surface area contributed by atoms with Crippen LogP contribution in [0.4, 0.5) is 8.78 Å². The molecule has 5 nitrogen and oxygen atoms in total. The molecule has 0 spiro atoms. The fraction of sp³-hybridized carbons (Fsp3) is 0.429. The third kappa shape index (κ3) is 4.78. The van der Waals surface area contributed by atoms with E-state index in [0.29, 0.717) is 0 Å². The molecule has 1 aromatic carbocycles. The maximum absolute atomic E-state index is 13.5. The molecule has 1 aromatic rings. The van der Waals surface area contributed by atoms with E-state index >= 15 is 0 Å². The number of halogens is 2. The predicted octanol–water partition coefficient (Wildman–Crippen LogP) is 1.87. The van der Waals surface area contributed by atoms with Gasteiger partial charge in [-0.15, -0.1) is 0 Å². The molecule has 0 radical (unpaired) electrons. The van der Waals surface area contributed by atoms with Crippen LogP contribution in [-0.4, -0.2) is 28.7 Å². The number of benzene rings is 1. The second-order valence-corrected chi connectivity index (χ2v) is 5.58. The zero-order valence-electron chi connectivity index (χ0n) is 11.9. The van der Waals surface area contributed by atoms with Crippen LogP contribution in [0.2, 0.25) is 0 Å². The first-order valence-electron chi connectivity index (χ1n) is 6.21. The Morgan fingerprint density at radius 3 is 2.14 bits per heavy atom. The molecule has 0 saturated heterocycles. The van der Waals surface area contributed by atoms with Gasteiger partial charge in [-0.1, -0.05) is 0 Å². The van der Waals surface area contributed by atoms with Crippen LogP contribution in [0, 0.1) is 11.6 Å². The predicted molar refractivity (Wildman–Crippen MR) is 70.8 cm³/mol. The number of esters is 1. The second kappa shape index (κ2) is 6.17. The number of nitrogens with two attached hydrogens (primary N) is 1. The van der Waals surface area contributed by atoms with E-state index < -0.39 is 40.8 Å².